The van der Waals surface area contributed by atoms with Gasteiger partial charge in [-0.1, -0.05) is 38.1 Å². The SMILES string of the molecule is CCC(C)C(=O)Nc1ccccc1Br.Nc1ccccc1Br.O=C=O. The zero-order chi connectivity index (χ0) is 19.2. The Labute approximate surface area is 164 Å². The van der Waals surface area contributed by atoms with Crippen LogP contribution in [0.3, 0.4) is 0 Å². The standard InChI is InChI=1S/C11H14BrNO.C6H6BrN.CO2/c1-3-8(2)11(14)13-10-7-5-4-6-9(10)12;7-5-3-1-2-4-6(5)8;2-1-3/h4-8H,3H2,1-2H3,(H,13,14);1-4H,8H2;. The number of anilines is 2. The van der Waals surface area contributed by atoms with E-state index in [-0.39, 0.29) is 18.0 Å². The predicted molar refractivity (Wildman–Crippen MR) is 106 cm³/mol. The van der Waals surface area contributed by atoms with E-state index in [2.05, 4.69) is 37.2 Å². The second-order valence-electron chi connectivity index (χ2n) is 4.88. The summed E-state index contributed by atoms with van der Waals surface area (Å²) in [6.07, 6.45) is 1.11. The van der Waals surface area contributed by atoms with Crippen LogP contribution in [-0.2, 0) is 14.4 Å². The maximum Gasteiger partial charge on any atom is 0.373 e. The number of nitrogens with two attached hydrogens (primary N) is 1. The number of nitrogens with one attached hydrogen (secondary N) is 1. The molecule has 0 aromatic heterocycles. The van der Waals surface area contributed by atoms with Crippen LogP contribution in [0.15, 0.2) is 57.5 Å². The van der Waals surface area contributed by atoms with Gasteiger partial charge in [-0.15, -0.1) is 0 Å². The monoisotopic (exact) mass is 470 g/mol. The third-order valence-corrected chi connectivity index (χ3v) is 4.51. The molecule has 3 N–H and O–H groups in total. The summed E-state index contributed by atoms with van der Waals surface area (Å²) < 4.78 is 1.87. The largest absolute Gasteiger partial charge is 0.398 e. The number of nitrogen functional groups attached to an aromatic ring is 1. The van der Waals surface area contributed by atoms with Gasteiger partial charge >= 0.3 is 6.15 Å². The molecule has 0 radical (unpaired) electrons. The molecule has 7 heteroatoms. The average molecular weight is 472 g/mol. The highest BCUT2D eigenvalue weighted by molar-refractivity contribution is 9.11. The van der Waals surface area contributed by atoms with Crippen molar-refractivity contribution in [3.05, 3.63) is 57.5 Å². The molecule has 2 rings (SSSR count). The topological polar surface area (TPSA) is 89.3 Å². The minimum atomic E-state index is 0.0575. The number of benzene rings is 2. The van der Waals surface area contributed by atoms with Crippen molar-refractivity contribution in [1.82, 2.24) is 0 Å². The molecule has 0 bridgehead atoms. The van der Waals surface area contributed by atoms with Crippen molar-refractivity contribution in [2.45, 2.75) is 20.3 Å². The molecule has 0 saturated heterocycles. The maximum atomic E-state index is 11.6. The van der Waals surface area contributed by atoms with Gasteiger partial charge in [0, 0.05) is 20.6 Å². The molecule has 0 aliphatic carbocycles. The fraction of sp³-hybridized carbons (Fsp3) is 0.222. The van der Waals surface area contributed by atoms with Crippen LogP contribution in [0, 0.1) is 5.92 Å². The van der Waals surface area contributed by atoms with Crippen molar-refractivity contribution in [3.63, 3.8) is 0 Å². The highest BCUT2D eigenvalue weighted by Crippen LogP contribution is 2.22. The minimum absolute atomic E-state index is 0.0575. The highest BCUT2D eigenvalue weighted by atomic mass is 79.9. The summed E-state index contributed by atoms with van der Waals surface area (Å²) in [7, 11) is 0. The van der Waals surface area contributed by atoms with Gasteiger partial charge in [0.05, 0.1) is 5.69 Å². The first kappa shape index (κ1) is 23.1. The first-order valence-electron chi connectivity index (χ1n) is 7.42. The summed E-state index contributed by atoms with van der Waals surface area (Å²) in [6, 6.07) is 15.2. The van der Waals surface area contributed by atoms with Crippen LogP contribution in [0.2, 0.25) is 0 Å². The van der Waals surface area contributed by atoms with E-state index in [4.69, 9.17) is 15.3 Å². The Morgan fingerprint density at radius 3 is 1.96 bits per heavy atom. The zero-order valence-electron chi connectivity index (χ0n) is 14.0. The lowest BCUT2D eigenvalue weighted by Crippen LogP contribution is -2.19. The summed E-state index contributed by atoms with van der Waals surface area (Å²) >= 11 is 6.65. The number of carbonyl (C=O) groups excluding carboxylic acids is 3. The molecular formula is C18H20Br2N2O3. The third kappa shape index (κ3) is 9.82. The number of amides is 1. The number of hydrogen-bond donors (Lipinski definition) is 2. The molecule has 0 fully saturated rings. The molecule has 2 aromatic rings. The predicted octanol–water partition coefficient (Wildman–Crippen LogP) is 4.88. The maximum absolute atomic E-state index is 11.6. The van der Waals surface area contributed by atoms with Crippen LogP contribution in [0.25, 0.3) is 0 Å². The van der Waals surface area contributed by atoms with Crippen LogP contribution < -0.4 is 11.1 Å². The highest BCUT2D eigenvalue weighted by Gasteiger charge is 2.11. The molecule has 1 atom stereocenters. The van der Waals surface area contributed by atoms with Gasteiger partial charge in [0.1, 0.15) is 0 Å². The Balaban J connectivity index is 0.000000440. The molecule has 134 valence electrons. The summed E-state index contributed by atoms with van der Waals surface area (Å²) in [5.74, 6) is 0.126. The van der Waals surface area contributed by atoms with Gasteiger partial charge in [-0.25, -0.2) is 0 Å². The van der Waals surface area contributed by atoms with Crippen molar-refractivity contribution in [1.29, 1.82) is 0 Å². The van der Waals surface area contributed by atoms with Gasteiger partial charge in [0.2, 0.25) is 5.91 Å². The lowest BCUT2D eigenvalue weighted by molar-refractivity contribution is -0.191. The Kier molecular flexibility index (Phi) is 12.3. The Morgan fingerprint density at radius 1 is 1.08 bits per heavy atom. The summed E-state index contributed by atoms with van der Waals surface area (Å²) in [4.78, 5) is 27.8. The first-order valence-corrected chi connectivity index (χ1v) is 9.00. The summed E-state index contributed by atoms with van der Waals surface area (Å²) in [6.45, 7) is 3.93. The Morgan fingerprint density at radius 2 is 1.56 bits per heavy atom. The van der Waals surface area contributed by atoms with Crippen molar-refractivity contribution in [2.75, 3.05) is 11.1 Å². The number of rotatable bonds is 3. The molecular weight excluding hydrogens is 452 g/mol. The number of carbonyl (C=O) groups is 1. The molecule has 1 amide bonds. The molecule has 2 aromatic carbocycles. The van der Waals surface area contributed by atoms with Crippen LogP contribution in [0.4, 0.5) is 11.4 Å². The van der Waals surface area contributed by atoms with Gasteiger partial charge in [-0.05, 0) is 62.5 Å². The van der Waals surface area contributed by atoms with E-state index in [9.17, 15) is 4.79 Å². The number of halogens is 2. The van der Waals surface area contributed by atoms with E-state index < -0.39 is 0 Å². The van der Waals surface area contributed by atoms with E-state index in [1.54, 1.807) is 0 Å². The lowest BCUT2D eigenvalue weighted by Gasteiger charge is -2.10. The van der Waals surface area contributed by atoms with E-state index in [1.165, 1.54) is 0 Å². The fourth-order valence-corrected chi connectivity index (χ4v) is 2.15. The van der Waals surface area contributed by atoms with Gasteiger partial charge < -0.3 is 11.1 Å². The van der Waals surface area contributed by atoms with Crippen LogP contribution >= 0.6 is 31.9 Å². The molecule has 1 unspecified atom stereocenters. The molecule has 0 aliphatic rings. The number of para-hydroxylation sites is 2. The van der Waals surface area contributed by atoms with Crippen molar-refractivity contribution in [3.8, 4) is 0 Å². The second-order valence-corrected chi connectivity index (χ2v) is 6.59. The smallest absolute Gasteiger partial charge is 0.373 e. The third-order valence-electron chi connectivity index (χ3n) is 3.10. The van der Waals surface area contributed by atoms with Crippen LogP contribution in [0.1, 0.15) is 20.3 Å². The number of hydrogen-bond acceptors (Lipinski definition) is 4. The molecule has 0 heterocycles. The zero-order valence-corrected chi connectivity index (χ0v) is 17.1. The van der Waals surface area contributed by atoms with Gasteiger partial charge in [0.25, 0.3) is 0 Å². The van der Waals surface area contributed by atoms with E-state index >= 15 is 0 Å². The Bertz CT molecular complexity index is 681. The van der Waals surface area contributed by atoms with Crippen LogP contribution in [-0.4, -0.2) is 12.1 Å². The van der Waals surface area contributed by atoms with Crippen molar-refractivity contribution < 1.29 is 14.4 Å². The van der Waals surface area contributed by atoms with Gasteiger partial charge in [-0.3, -0.25) is 4.79 Å². The van der Waals surface area contributed by atoms with Gasteiger partial charge in [0.15, 0.2) is 0 Å². The van der Waals surface area contributed by atoms with Crippen molar-refractivity contribution in [2.24, 2.45) is 5.92 Å². The fourth-order valence-electron chi connectivity index (χ4n) is 1.48. The Hall–Kier alpha value is -1.95. The molecule has 5 nitrogen and oxygen atoms in total. The quantitative estimate of drug-likeness (QED) is 0.624. The van der Waals surface area contributed by atoms with E-state index in [0.29, 0.717) is 0 Å². The first-order chi connectivity index (χ1) is 11.9. The lowest BCUT2D eigenvalue weighted by atomic mass is 10.1. The summed E-state index contributed by atoms with van der Waals surface area (Å²) in [5, 5.41) is 2.88. The van der Waals surface area contributed by atoms with Crippen molar-refractivity contribution >= 4 is 55.3 Å². The van der Waals surface area contributed by atoms with Gasteiger partial charge in [-0.2, -0.15) is 9.59 Å². The minimum Gasteiger partial charge on any atom is -0.398 e. The van der Waals surface area contributed by atoms with Crippen LogP contribution in [0.5, 0.6) is 0 Å². The second kappa shape index (κ2) is 13.4. The molecule has 0 saturated carbocycles. The normalized spacial score (nSPS) is 10.1. The molecule has 0 spiro atoms. The van der Waals surface area contributed by atoms with E-state index in [0.717, 1.165) is 26.7 Å². The molecule has 25 heavy (non-hydrogen) atoms. The average Bonchev–Trinajstić information content (AvgIpc) is 2.60. The summed E-state index contributed by atoms with van der Waals surface area (Å²) in [5.41, 5.74) is 7.09. The molecule has 0 aliphatic heterocycles. The van der Waals surface area contributed by atoms with E-state index in [1.807, 2.05) is 62.4 Å².